The summed E-state index contributed by atoms with van der Waals surface area (Å²) in [5, 5.41) is 12.8. The average molecular weight is 360 g/mol. The van der Waals surface area contributed by atoms with Crippen LogP contribution in [-0.4, -0.2) is 51.8 Å². The molecular formula is C19H17N2NaO4. The van der Waals surface area contributed by atoms with Crippen molar-refractivity contribution in [2.45, 2.75) is 13.2 Å². The van der Waals surface area contributed by atoms with Crippen LogP contribution in [0, 0.1) is 0 Å². The predicted molar refractivity (Wildman–Crippen MR) is 101 cm³/mol. The van der Waals surface area contributed by atoms with Gasteiger partial charge in [-0.3, -0.25) is 0 Å². The first kappa shape index (κ1) is 19.9. The van der Waals surface area contributed by atoms with Gasteiger partial charge in [-0.05, 0) is 29.8 Å². The van der Waals surface area contributed by atoms with Crippen molar-refractivity contribution in [3.05, 3.63) is 71.9 Å². The van der Waals surface area contributed by atoms with Crippen molar-refractivity contribution >= 4 is 52.6 Å². The molecule has 2 aromatic carbocycles. The first-order chi connectivity index (χ1) is 12.2. The van der Waals surface area contributed by atoms with Crippen molar-refractivity contribution in [2.75, 3.05) is 0 Å². The number of ether oxygens (including phenoxy) is 1. The zero-order valence-electron chi connectivity index (χ0n) is 13.3. The second-order valence-corrected chi connectivity index (χ2v) is 5.27. The number of carboxylic acids is 1. The molecule has 1 aromatic heterocycles. The Morgan fingerprint density at radius 2 is 1.81 bits per heavy atom. The van der Waals surface area contributed by atoms with E-state index in [4.69, 9.17) is 14.7 Å². The molecule has 1 heterocycles. The van der Waals surface area contributed by atoms with Crippen LogP contribution in [0.1, 0.15) is 11.3 Å². The summed E-state index contributed by atoms with van der Waals surface area (Å²) in [4.78, 5) is 19.7. The van der Waals surface area contributed by atoms with E-state index in [1.165, 1.54) is 0 Å². The summed E-state index contributed by atoms with van der Waals surface area (Å²) in [6.07, 6.45) is 0.702. The van der Waals surface area contributed by atoms with Crippen molar-refractivity contribution in [2.24, 2.45) is 5.16 Å². The Bertz CT molecular complexity index is 897. The van der Waals surface area contributed by atoms with Crippen molar-refractivity contribution in [1.29, 1.82) is 0 Å². The van der Waals surface area contributed by atoms with Gasteiger partial charge in [0.2, 0.25) is 0 Å². The van der Waals surface area contributed by atoms with Gasteiger partial charge in [0.15, 0.2) is 6.21 Å². The molecule has 0 aliphatic heterocycles. The quantitative estimate of drug-likeness (QED) is 0.398. The summed E-state index contributed by atoms with van der Waals surface area (Å²) in [5.74, 6) is -0.432. The molecule has 128 valence electrons. The first-order valence-corrected chi connectivity index (χ1v) is 7.65. The van der Waals surface area contributed by atoms with Gasteiger partial charge in [0, 0.05) is 5.39 Å². The summed E-state index contributed by atoms with van der Waals surface area (Å²) in [6.45, 7) is 0.569. The van der Waals surface area contributed by atoms with E-state index in [0.29, 0.717) is 18.6 Å². The molecule has 0 aliphatic rings. The molecule has 6 nitrogen and oxygen atoms in total. The topological polar surface area (TPSA) is 81.0 Å². The third kappa shape index (κ3) is 5.84. The molecule has 1 N–H and O–H groups in total. The Labute approximate surface area is 172 Å². The Morgan fingerprint density at radius 3 is 2.58 bits per heavy atom. The summed E-state index contributed by atoms with van der Waals surface area (Å²) in [6, 6.07) is 19.2. The SMILES string of the molecule is O=C(O)C=NOCc1ccc(OCc2ccc3ccccc3n2)cc1.[NaH]. The molecule has 7 heteroatoms. The maximum atomic E-state index is 10.3. The first-order valence-electron chi connectivity index (χ1n) is 7.65. The number of carboxylic acid groups (broad SMARTS) is 1. The molecule has 3 rings (SSSR count). The third-order valence-electron chi connectivity index (χ3n) is 3.44. The van der Waals surface area contributed by atoms with Crippen molar-refractivity contribution in [3.63, 3.8) is 0 Å². The molecule has 0 bridgehead atoms. The van der Waals surface area contributed by atoms with E-state index >= 15 is 0 Å². The van der Waals surface area contributed by atoms with Crippen LogP contribution in [0.4, 0.5) is 0 Å². The third-order valence-corrected chi connectivity index (χ3v) is 3.44. The van der Waals surface area contributed by atoms with Crippen molar-refractivity contribution < 1.29 is 19.5 Å². The number of para-hydroxylation sites is 1. The molecular weight excluding hydrogens is 343 g/mol. The van der Waals surface area contributed by atoms with Crippen molar-refractivity contribution in [1.82, 2.24) is 4.98 Å². The average Bonchev–Trinajstić information content (AvgIpc) is 2.64. The van der Waals surface area contributed by atoms with Gasteiger partial charge in [-0.2, -0.15) is 0 Å². The summed E-state index contributed by atoms with van der Waals surface area (Å²) >= 11 is 0. The van der Waals surface area contributed by atoms with Gasteiger partial charge >= 0.3 is 35.5 Å². The van der Waals surface area contributed by atoms with Crippen LogP contribution < -0.4 is 4.74 Å². The zero-order valence-corrected chi connectivity index (χ0v) is 13.3. The van der Waals surface area contributed by atoms with Gasteiger partial charge in [0.05, 0.1) is 11.2 Å². The monoisotopic (exact) mass is 360 g/mol. The molecule has 3 aromatic rings. The predicted octanol–water partition coefficient (Wildman–Crippen LogP) is 2.75. The fourth-order valence-corrected chi connectivity index (χ4v) is 2.22. The molecule has 0 aliphatic carbocycles. The molecule has 0 amide bonds. The fourth-order valence-electron chi connectivity index (χ4n) is 2.22. The molecule has 0 atom stereocenters. The van der Waals surface area contributed by atoms with Crippen LogP contribution in [0.2, 0.25) is 0 Å². The Balaban J connectivity index is 0.00000243. The summed E-state index contributed by atoms with van der Waals surface area (Å²) < 4.78 is 5.74. The molecule has 0 spiro atoms. The van der Waals surface area contributed by atoms with Crippen LogP contribution in [0.15, 0.2) is 65.8 Å². The van der Waals surface area contributed by atoms with Crippen molar-refractivity contribution in [3.8, 4) is 5.75 Å². The van der Waals surface area contributed by atoms with Gasteiger partial charge in [-0.15, -0.1) is 0 Å². The number of nitrogens with zero attached hydrogens (tertiary/aromatic N) is 2. The van der Waals surface area contributed by atoms with E-state index in [2.05, 4.69) is 10.1 Å². The molecule has 0 fully saturated rings. The van der Waals surface area contributed by atoms with Gasteiger partial charge in [-0.25, -0.2) is 9.78 Å². The maximum absolute atomic E-state index is 10.3. The van der Waals surface area contributed by atoms with Gasteiger partial charge in [0.1, 0.15) is 19.0 Å². The number of rotatable bonds is 7. The summed E-state index contributed by atoms with van der Waals surface area (Å²) in [7, 11) is 0. The number of hydrogen-bond donors (Lipinski definition) is 1. The second kappa shape index (κ2) is 9.91. The van der Waals surface area contributed by atoms with Gasteiger partial charge in [0.25, 0.3) is 0 Å². The van der Waals surface area contributed by atoms with E-state index in [1.54, 1.807) is 0 Å². The standard InChI is InChI=1S/C19H16N2O4.Na.H/c22-19(23)11-20-25-12-14-5-9-17(10-6-14)24-13-16-8-7-15-3-1-2-4-18(15)21-16;;/h1-11H,12-13H2,(H,22,23);;. The van der Waals surface area contributed by atoms with Gasteiger partial charge < -0.3 is 14.7 Å². The van der Waals surface area contributed by atoms with Crippen LogP contribution in [0.25, 0.3) is 10.9 Å². The minimum absolute atomic E-state index is 0. The van der Waals surface area contributed by atoms with E-state index in [-0.39, 0.29) is 36.2 Å². The molecule has 0 unspecified atom stereocenters. The summed E-state index contributed by atoms with van der Waals surface area (Å²) in [5.41, 5.74) is 2.66. The fraction of sp³-hybridized carbons (Fsp3) is 0.105. The number of aliphatic carboxylic acids is 1. The van der Waals surface area contributed by atoms with Gasteiger partial charge in [-0.1, -0.05) is 41.6 Å². The van der Waals surface area contributed by atoms with E-state index in [0.717, 1.165) is 22.2 Å². The number of carbonyl (C=O) groups is 1. The van der Waals surface area contributed by atoms with E-state index in [9.17, 15) is 4.79 Å². The molecule has 0 saturated carbocycles. The number of oxime groups is 1. The molecule has 0 radical (unpaired) electrons. The Kier molecular flexibility index (Phi) is 7.59. The van der Waals surface area contributed by atoms with Crippen LogP contribution in [0.5, 0.6) is 5.75 Å². The van der Waals surface area contributed by atoms with E-state index in [1.807, 2.05) is 60.7 Å². The second-order valence-electron chi connectivity index (χ2n) is 5.27. The number of fused-ring (bicyclic) bond motifs is 1. The normalized spacial score (nSPS) is 10.5. The Hall–Kier alpha value is -2.41. The number of aromatic nitrogens is 1. The van der Waals surface area contributed by atoms with Crippen LogP contribution in [0.3, 0.4) is 0 Å². The zero-order chi connectivity index (χ0) is 17.5. The number of pyridine rings is 1. The molecule has 0 saturated heterocycles. The van der Waals surface area contributed by atoms with E-state index < -0.39 is 5.97 Å². The number of hydrogen-bond acceptors (Lipinski definition) is 5. The minimum atomic E-state index is -1.15. The van der Waals surface area contributed by atoms with Crippen LogP contribution >= 0.6 is 0 Å². The number of benzene rings is 2. The van der Waals surface area contributed by atoms with Crippen LogP contribution in [-0.2, 0) is 22.8 Å². The Morgan fingerprint density at radius 1 is 1.04 bits per heavy atom. The molecule has 26 heavy (non-hydrogen) atoms.